The van der Waals surface area contributed by atoms with Crippen LogP contribution in [0.3, 0.4) is 0 Å². The highest BCUT2D eigenvalue weighted by molar-refractivity contribution is 5.85. The fraction of sp³-hybridized carbons (Fsp3) is 0.333. The summed E-state index contributed by atoms with van der Waals surface area (Å²) < 4.78 is 5.35. The Hall–Kier alpha value is -3.48. The SMILES string of the molecule is CCN(C)c1cccnc1N(C)C(/C=C(/C)C=O)N(C)c1cc2cc(OC)ccc2[nH]1. The fourth-order valence-electron chi connectivity index (χ4n) is 3.57. The standard InChI is InChI=1S/C24H31N5O2/c1-7-27(3)21-9-8-12-25-24(21)29(5)23(13-17(2)16-30)28(4)22-15-18-14-19(31-6)10-11-20(18)26-22/h8-16,23,26H,7H2,1-6H3/b17-13-. The number of aromatic amines is 1. The summed E-state index contributed by atoms with van der Waals surface area (Å²) in [5.41, 5.74) is 2.71. The molecule has 0 saturated carbocycles. The number of fused-ring (bicyclic) bond motifs is 1. The summed E-state index contributed by atoms with van der Waals surface area (Å²) in [6.45, 7) is 4.78. The number of benzene rings is 1. The van der Waals surface area contributed by atoms with Crippen LogP contribution in [0, 0.1) is 0 Å². The molecule has 1 unspecified atom stereocenters. The van der Waals surface area contributed by atoms with Crippen LogP contribution in [0.2, 0.25) is 0 Å². The van der Waals surface area contributed by atoms with Crippen molar-refractivity contribution in [3.63, 3.8) is 0 Å². The molecule has 0 fully saturated rings. The molecule has 7 heteroatoms. The number of anilines is 3. The molecule has 0 aliphatic carbocycles. The molecule has 0 saturated heterocycles. The molecule has 0 spiro atoms. The quantitative estimate of drug-likeness (QED) is 0.319. The molecule has 1 atom stereocenters. The van der Waals surface area contributed by atoms with Gasteiger partial charge in [-0.2, -0.15) is 0 Å². The maximum atomic E-state index is 11.4. The van der Waals surface area contributed by atoms with Crippen LogP contribution in [0.15, 0.2) is 54.2 Å². The Morgan fingerprint density at radius 2 is 1.97 bits per heavy atom. The first-order valence-electron chi connectivity index (χ1n) is 10.3. The molecule has 3 rings (SSSR count). The van der Waals surface area contributed by atoms with Crippen molar-refractivity contribution in [2.75, 3.05) is 49.5 Å². The van der Waals surface area contributed by atoms with Gasteiger partial charge in [0.1, 0.15) is 24.0 Å². The molecule has 0 amide bonds. The number of carbonyl (C=O) groups is 1. The Morgan fingerprint density at radius 3 is 2.65 bits per heavy atom. The lowest BCUT2D eigenvalue weighted by atomic mass is 10.2. The third-order valence-corrected chi connectivity index (χ3v) is 5.57. The number of nitrogens with one attached hydrogen (secondary N) is 1. The van der Waals surface area contributed by atoms with E-state index in [1.807, 2.05) is 58.4 Å². The van der Waals surface area contributed by atoms with Crippen LogP contribution in [-0.2, 0) is 4.79 Å². The molecule has 1 aromatic carbocycles. The van der Waals surface area contributed by atoms with Gasteiger partial charge in [-0.25, -0.2) is 4.98 Å². The zero-order valence-corrected chi connectivity index (χ0v) is 19.1. The van der Waals surface area contributed by atoms with Gasteiger partial charge in [-0.1, -0.05) is 0 Å². The topological polar surface area (TPSA) is 64.7 Å². The predicted octanol–water partition coefficient (Wildman–Crippen LogP) is 4.07. The summed E-state index contributed by atoms with van der Waals surface area (Å²) in [5.74, 6) is 2.58. The van der Waals surface area contributed by atoms with Crippen LogP contribution >= 0.6 is 0 Å². The highest BCUT2D eigenvalue weighted by atomic mass is 16.5. The second kappa shape index (κ2) is 9.55. The van der Waals surface area contributed by atoms with E-state index in [2.05, 4.69) is 43.7 Å². The number of H-pyrrole nitrogens is 1. The average molecular weight is 422 g/mol. The number of carbonyl (C=O) groups excluding carboxylic acids is 1. The normalized spacial score (nSPS) is 12.5. The van der Waals surface area contributed by atoms with Gasteiger partial charge in [-0.3, -0.25) is 4.79 Å². The van der Waals surface area contributed by atoms with Crippen molar-refractivity contribution in [3.8, 4) is 5.75 Å². The van der Waals surface area contributed by atoms with Crippen molar-refractivity contribution in [2.24, 2.45) is 0 Å². The number of hydrogen-bond donors (Lipinski definition) is 1. The second-order valence-corrected chi connectivity index (χ2v) is 7.63. The van der Waals surface area contributed by atoms with Crippen LogP contribution in [0.25, 0.3) is 10.9 Å². The lowest BCUT2D eigenvalue weighted by molar-refractivity contribution is -0.104. The van der Waals surface area contributed by atoms with Crippen molar-refractivity contribution in [3.05, 3.63) is 54.2 Å². The summed E-state index contributed by atoms with van der Waals surface area (Å²) in [4.78, 5) is 25.9. The summed E-state index contributed by atoms with van der Waals surface area (Å²) >= 11 is 0. The van der Waals surface area contributed by atoms with Crippen LogP contribution in [-0.4, -0.2) is 57.2 Å². The number of pyridine rings is 1. The van der Waals surface area contributed by atoms with Crippen LogP contribution < -0.4 is 19.4 Å². The highest BCUT2D eigenvalue weighted by Crippen LogP contribution is 2.31. The largest absolute Gasteiger partial charge is 0.497 e. The highest BCUT2D eigenvalue weighted by Gasteiger charge is 2.24. The Kier molecular flexibility index (Phi) is 6.84. The van der Waals surface area contributed by atoms with E-state index in [1.54, 1.807) is 13.3 Å². The van der Waals surface area contributed by atoms with Gasteiger partial charge in [0.15, 0.2) is 5.82 Å². The number of likely N-dealkylation sites (N-methyl/N-ethyl adjacent to an activating group) is 2. The number of nitrogens with zero attached hydrogens (tertiary/aromatic N) is 4. The lowest BCUT2D eigenvalue weighted by Crippen LogP contribution is -2.45. The van der Waals surface area contributed by atoms with E-state index in [4.69, 9.17) is 4.74 Å². The molecule has 164 valence electrons. The molecule has 0 bridgehead atoms. The summed E-state index contributed by atoms with van der Waals surface area (Å²) in [5, 5.41) is 1.06. The van der Waals surface area contributed by atoms with Crippen LogP contribution in [0.1, 0.15) is 13.8 Å². The van der Waals surface area contributed by atoms with Gasteiger partial charge in [0.2, 0.25) is 0 Å². The maximum Gasteiger partial charge on any atom is 0.153 e. The van der Waals surface area contributed by atoms with E-state index in [1.165, 1.54) is 0 Å². The van der Waals surface area contributed by atoms with E-state index >= 15 is 0 Å². The van der Waals surface area contributed by atoms with E-state index < -0.39 is 0 Å². The van der Waals surface area contributed by atoms with Gasteiger partial charge in [0.05, 0.1) is 12.8 Å². The van der Waals surface area contributed by atoms with Crippen LogP contribution in [0.5, 0.6) is 5.75 Å². The zero-order chi connectivity index (χ0) is 22.5. The number of methoxy groups -OCH3 is 1. The smallest absolute Gasteiger partial charge is 0.153 e. The molecule has 7 nitrogen and oxygen atoms in total. The van der Waals surface area contributed by atoms with Gasteiger partial charge >= 0.3 is 0 Å². The molecule has 1 N–H and O–H groups in total. The molecule has 3 aromatic rings. The zero-order valence-electron chi connectivity index (χ0n) is 19.1. The Balaban J connectivity index is 2.04. The molecule has 2 aromatic heterocycles. The van der Waals surface area contributed by atoms with Gasteiger partial charge in [-0.05, 0) is 61.9 Å². The minimum absolute atomic E-state index is 0.237. The summed E-state index contributed by atoms with van der Waals surface area (Å²) in [6.07, 6.45) is 4.38. The number of aldehydes is 1. The second-order valence-electron chi connectivity index (χ2n) is 7.63. The number of hydrogen-bond acceptors (Lipinski definition) is 6. The molecule has 0 aliphatic heterocycles. The first-order valence-corrected chi connectivity index (χ1v) is 10.3. The fourth-order valence-corrected chi connectivity index (χ4v) is 3.57. The monoisotopic (exact) mass is 421 g/mol. The minimum atomic E-state index is -0.237. The molecular formula is C24H31N5O2. The molecule has 0 aliphatic rings. The maximum absolute atomic E-state index is 11.4. The van der Waals surface area contributed by atoms with Gasteiger partial charge in [0.25, 0.3) is 0 Å². The van der Waals surface area contributed by atoms with Crippen molar-refractivity contribution in [1.29, 1.82) is 0 Å². The average Bonchev–Trinajstić information content (AvgIpc) is 3.24. The Bertz CT molecular complexity index is 1070. The van der Waals surface area contributed by atoms with Gasteiger partial charge < -0.3 is 24.4 Å². The first kappa shape index (κ1) is 22.2. The number of aromatic nitrogens is 2. The van der Waals surface area contributed by atoms with E-state index in [0.29, 0.717) is 5.57 Å². The lowest BCUT2D eigenvalue weighted by Gasteiger charge is -2.36. The third-order valence-electron chi connectivity index (χ3n) is 5.57. The van der Waals surface area contributed by atoms with Crippen molar-refractivity contribution >= 4 is 34.5 Å². The predicted molar refractivity (Wildman–Crippen MR) is 128 cm³/mol. The van der Waals surface area contributed by atoms with Crippen molar-refractivity contribution in [1.82, 2.24) is 9.97 Å². The molecule has 31 heavy (non-hydrogen) atoms. The van der Waals surface area contributed by atoms with Crippen molar-refractivity contribution in [2.45, 2.75) is 20.0 Å². The first-order chi connectivity index (χ1) is 14.9. The third kappa shape index (κ3) is 4.66. The summed E-state index contributed by atoms with van der Waals surface area (Å²) in [6, 6.07) is 12.0. The van der Waals surface area contributed by atoms with Gasteiger partial charge in [0, 0.05) is 44.8 Å². The number of rotatable bonds is 9. The minimum Gasteiger partial charge on any atom is -0.497 e. The van der Waals surface area contributed by atoms with E-state index in [9.17, 15) is 4.79 Å². The van der Waals surface area contributed by atoms with Crippen LogP contribution in [0.4, 0.5) is 17.3 Å². The summed E-state index contributed by atoms with van der Waals surface area (Å²) in [7, 11) is 7.71. The molecule has 2 heterocycles. The Morgan fingerprint density at radius 1 is 1.19 bits per heavy atom. The molecular weight excluding hydrogens is 390 g/mol. The van der Waals surface area contributed by atoms with Crippen molar-refractivity contribution < 1.29 is 9.53 Å². The number of ether oxygens (including phenoxy) is 1. The van der Waals surface area contributed by atoms with Gasteiger partial charge in [-0.15, -0.1) is 0 Å². The molecule has 0 radical (unpaired) electrons. The van der Waals surface area contributed by atoms with E-state index in [0.717, 1.165) is 46.8 Å². The number of allylic oxidation sites excluding steroid dienone is 1. The van der Waals surface area contributed by atoms with E-state index in [-0.39, 0.29) is 6.17 Å². The Labute approximate surface area is 183 Å².